The Morgan fingerprint density at radius 3 is 2.75 bits per heavy atom. The Bertz CT molecular complexity index is 1410. The van der Waals surface area contributed by atoms with E-state index >= 15 is 0 Å². The van der Waals surface area contributed by atoms with Gasteiger partial charge in [0, 0.05) is 5.02 Å². The fourth-order valence-corrected chi connectivity index (χ4v) is 4.86. The lowest BCUT2D eigenvalue weighted by Gasteiger charge is -2.22. The van der Waals surface area contributed by atoms with Gasteiger partial charge in [0.25, 0.3) is 5.91 Å². The van der Waals surface area contributed by atoms with Crippen LogP contribution < -0.4 is 15.1 Å². The van der Waals surface area contributed by atoms with E-state index in [9.17, 15) is 9.59 Å². The summed E-state index contributed by atoms with van der Waals surface area (Å²) >= 11 is 7.45. The van der Waals surface area contributed by atoms with Gasteiger partial charge in [-0.25, -0.2) is 0 Å². The van der Waals surface area contributed by atoms with E-state index in [1.165, 1.54) is 16.2 Å². The zero-order chi connectivity index (χ0) is 22.4. The molecule has 0 saturated carbocycles. The summed E-state index contributed by atoms with van der Waals surface area (Å²) in [6.07, 6.45) is 0.691. The molecule has 0 bridgehead atoms. The molecule has 4 aromatic rings. The number of benzene rings is 2. The maximum atomic E-state index is 13.6. The number of aromatic nitrogens is 2. The predicted molar refractivity (Wildman–Crippen MR) is 123 cm³/mol. The van der Waals surface area contributed by atoms with Gasteiger partial charge in [0.2, 0.25) is 10.9 Å². The molecule has 7 nitrogen and oxygen atoms in total. The summed E-state index contributed by atoms with van der Waals surface area (Å²) in [6.45, 7) is 4.36. The van der Waals surface area contributed by atoms with Gasteiger partial charge >= 0.3 is 0 Å². The van der Waals surface area contributed by atoms with Crippen molar-refractivity contribution in [2.24, 2.45) is 0 Å². The average molecular weight is 468 g/mol. The van der Waals surface area contributed by atoms with E-state index in [0.717, 1.165) is 5.01 Å². The van der Waals surface area contributed by atoms with Crippen molar-refractivity contribution in [3.05, 3.63) is 79.6 Å². The third-order valence-electron chi connectivity index (χ3n) is 5.28. The van der Waals surface area contributed by atoms with Crippen LogP contribution in [-0.4, -0.2) is 22.7 Å². The molecule has 1 amide bonds. The molecule has 162 valence electrons. The molecule has 1 aliphatic heterocycles. The van der Waals surface area contributed by atoms with Gasteiger partial charge in [-0.1, -0.05) is 42.0 Å². The van der Waals surface area contributed by atoms with Crippen molar-refractivity contribution in [2.75, 3.05) is 11.5 Å². The second-order valence-electron chi connectivity index (χ2n) is 7.23. The fourth-order valence-electron chi connectivity index (χ4n) is 3.88. The Kier molecular flexibility index (Phi) is 5.19. The molecular formula is C23H18ClN3O4S. The van der Waals surface area contributed by atoms with Crippen molar-refractivity contribution in [2.45, 2.75) is 26.3 Å². The van der Waals surface area contributed by atoms with Crippen LogP contribution in [0.4, 0.5) is 5.13 Å². The van der Waals surface area contributed by atoms with Crippen LogP contribution in [0.2, 0.25) is 5.02 Å². The molecule has 5 rings (SSSR count). The molecular weight excluding hydrogens is 450 g/mol. The van der Waals surface area contributed by atoms with Crippen LogP contribution in [-0.2, 0) is 6.42 Å². The van der Waals surface area contributed by atoms with Gasteiger partial charge in [-0.2, -0.15) is 0 Å². The van der Waals surface area contributed by atoms with Crippen LogP contribution in [0.5, 0.6) is 5.75 Å². The fraction of sp³-hybridized carbons (Fsp3) is 0.217. The average Bonchev–Trinajstić information content (AvgIpc) is 3.37. The van der Waals surface area contributed by atoms with E-state index in [1.54, 1.807) is 18.2 Å². The van der Waals surface area contributed by atoms with Crippen LogP contribution in [0.25, 0.3) is 11.0 Å². The first-order valence-corrected chi connectivity index (χ1v) is 11.4. The van der Waals surface area contributed by atoms with Gasteiger partial charge in [0.1, 0.15) is 16.3 Å². The van der Waals surface area contributed by atoms with Crippen molar-refractivity contribution in [3.63, 3.8) is 0 Å². The topological polar surface area (TPSA) is 85.5 Å². The van der Waals surface area contributed by atoms with Crippen molar-refractivity contribution in [3.8, 4) is 5.75 Å². The Labute approximate surface area is 192 Å². The van der Waals surface area contributed by atoms with Crippen molar-refractivity contribution in [1.82, 2.24) is 10.2 Å². The number of hydrogen-bond donors (Lipinski definition) is 0. The number of ether oxygens (including phenoxy) is 1. The van der Waals surface area contributed by atoms with Gasteiger partial charge in [-0.3, -0.25) is 14.5 Å². The maximum Gasteiger partial charge on any atom is 0.297 e. The number of nitrogens with zero attached hydrogens (tertiary/aromatic N) is 3. The smallest absolute Gasteiger partial charge is 0.297 e. The third-order valence-corrected chi connectivity index (χ3v) is 6.58. The Morgan fingerprint density at radius 2 is 2.00 bits per heavy atom. The number of halogens is 1. The Hall–Kier alpha value is -3.23. The van der Waals surface area contributed by atoms with Crippen LogP contribution >= 0.6 is 22.9 Å². The highest BCUT2D eigenvalue weighted by atomic mass is 35.5. The molecule has 0 saturated heterocycles. The van der Waals surface area contributed by atoms with Crippen molar-refractivity contribution >= 4 is 44.9 Å². The van der Waals surface area contributed by atoms with Crippen LogP contribution in [0.3, 0.4) is 0 Å². The van der Waals surface area contributed by atoms with Gasteiger partial charge in [0.15, 0.2) is 5.43 Å². The lowest BCUT2D eigenvalue weighted by Crippen LogP contribution is -2.29. The van der Waals surface area contributed by atoms with E-state index in [4.69, 9.17) is 20.8 Å². The lowest BCUT2D eigenvalue weighted by molar-refractivity contribution is 0.0970. The number of rotatable bonds is 5. The molecule has 0 fully saturated rings. The minimum Gasteiger partial charge on any atom is -0.494 e. The molecule has 9 heteroatoms. The first kappa shape index (κ1) is 20.7. The van der Waals surface area contributed by atoms with E-state index in [0.29, 0.717) is 45.5 Å². The second-order valence-corrected chi connectivity index (χ2v) is 8.71. The van der Waals surface area contributed by atoms with Gasteiger partial charge in [-0.15, -0.1) is 10.2 Å². The number of carbonyl (C=O) groups is 1. The SMILES string of the molecule is CCOc1cccc([C@@H]2c3c(oc4ccc(Cl)cc4c3=O)C(=O)N2c2nnc(CC)s2)c1. The van der Waals surface area contributed by atoms with E-state index < -0.39 is 11.9 Å². The Balaban J connectivity index is 1.78. The third kappa shape index (κ3) is 3.27. The summed E-state index contributed by atoms with van der Waals surface area (Å²) in [4.78, 5) is 28.6. The normalized spacial score (nSPS) is 15.4. The lowest BCUT2D eigenvalue weighted by atomic mass is 9.98. The number of fused-ring (bicyclic) bond motifs is 2. The molecule has 0 radical (unpaired) electrons. The summed E-state index contributed by atoms with van der Waals surface area (Å²) in [5, 5.41) is 10.3. The summed E-state index contributed by atoms with van der Waals surface area (Å²) < 4.78 is 11.6. The Morgan fingerprint density at radius 1 is 1.16 bits per heavy atom. The zero-order valence-electron chi connectivity index (χ0n) is 17.3. The quantitative estimate of drug-likeness (QED) is 0.410. The van der Waals surface area contributed by atoms with Crippen LogP contribution in [0.1, 0.15) is 46.6 Å². The molecule has 0 aliphatic carbocycles. The summed E-state index contributed by atoms with van der Waals surface area (Å²) in [5.74, 6) is 0.218. The molecule has 1 aliphatic rings. The zero-order valence-corrected chi connectivity index (χ0v) is 18.9. The van der Waals surface area contributed by atoms with Gasteiger partial charge < -0.3 is 9.15 Å². The van der Waals surface area contributed by atoms with Crippen molar-refractivity contribution < 1.29 is 13.9 Å². The first-order valence-electron chi connectivity index (χ1n) is 10.2. The predicted octanol–water partition coefficient (Wildman–Crippen LogP) is 5.01. The molecule has 3 heterocycles. The van der Waals surface area contributed by atoms with Crippen LogP contribution in [0.15, 0.2) is 51.7 Å². The summed E-state index contributed by atoms with van der Waals surface area (Å²) in [7, 11) is 0. The molecule has 32 heavy (non-hydrogen) atoms. The monoisotopic (exact) mass is 467 g/mol. The maximum absolute atomic E-state index is 13.6. The van der Waals surface area contributed by atoms with E-state index in [2.05, 4.69) is 10.2 Å². The van der Waals surface area contributed by atoms with Gasteiger partial charge in [0.05, 0.1) is 23.6 Å². The highest BCUT2D eigenvalue weighted by Gasteiger charge is 2.45. The largest absolute Gasteiger partial charge is 0.494 e. The standard InChI is InChI=1S/C23H18ClN3O4S/c1-3-17-25-26-23(32-17)27-19(12-6-5-7-14(10-12)30-4-2)18-20(28)15-11-13(24)8-9-16(15)31-21(18)22(27)29/h5-11,19H,3-4H2,1-2H3/t19-/m1/s1. The minimum atomic E-state index is -0.727. The highest BCUT2D eigenvalue weighted by molar-refractivity contribution is 7.15. The first-order chi connectivity index (χ1) is 15.5. The highest BCUT2D eigenvalue weighted by Crippen LogP contribution is 2.42. The molecule has 0 N–H and O–H groups in total. The molecule has 0 spiro atoms. The van der Waals surface area contributed by atoms with E-state index in [-0.39, 0.29) is 16.8 Å². The summed E-state index contributed by atoms with van der Waals surface area (Å²) in [6, 6.07) is 11.4. The number of hydrogen-bond acceptors (Lipinski definition) is 7. The number of anilines is 1. The number of carbonyl (C=O) groups excluding carboxylic acids is 1. The summed E-state index contributed by atoms with van der Waals surface area (Å²) in [5.41, 5.74) is 0.977. The molecule has 0 unspecified atom stereocenters. The van der Waals surface area contributed by atoms with Crippen molar-refractivity contribution in [1.29, 1.82) is 0 Å². The molecule has 1 atom stereocenters. The number of aryl methyl sites for hydroxylation is 1. The second kappa shape index (κ2) is 8.03. The molecule has 2 aromatic carbocycles. The van der Waals surface area contributed by atoms with Gasteiger partial charge in [-0.05, 0) is 49.2 Å². The number of amides is 1. The minimum absolute atomic E-state index is 0.00452. The van der Waals surface area contributed by atoms with E-state index in [1.807, 2.05) is 38.1 Å². The molecule has 2 aromatic heterocycles. The van der Waals surface area contributed by atoms with Crippen LogP contribution in [0, 0.1) is 0 Å².